The van der Waals surface area contributed by atoms with E-state index in [1.165, 1.54) is 42.5 Å². The van der Waals surface area contributed by atoms with Gasteiger partial charge >= 0.3 is 0 Å². The van der Waals surface area contributed by atoms with Gasteiger partial charge in [0.25, 0.3) is 22.7 Å². The van der Waals surface area contributed by atoms with Crippen LogP contribution in [-0.4, -0.2) is 40.0 Å². The van der Waals surface area contributed by atoms with Gasteiger partial charge in [0.15, 0.2) is 0 Å². The van der Waals surface area contributed by atoms with Crippen molar-refractivity contribution in [3.63, 3.8) is 0 Å². The molecule has 1 fully saturated rings. The molecule has 0 bridgehead atoms. The summed E-state index contributed by atoms with van der Waals surface area (Å²) in [4.78, 5) is 48.0. The molecule has 0 aliphatic carbocycles. The molecule has 0 unspecified atom stereocenters. The first kappa shape index (κ1) is 21.5. The molecular formula is C19H13ClFN3O5S. The molecule has 1 saturated heterocycles. The Labute approximate surface area is 178 Å². The van der Waals surface area contributed by atoms with E-state index in [9.17, 15) is 28.9 Å². The third-order valence-electron chi connectivity index (χ3n) is 4.08. The maximum Gasteiger partial charge on any atom is 0.293 e. The van der Waals surface area contributed by atoms with Gasteiger partial charge in [-0.25, -0.2) is 4.39 Å². The summed E-state index contributed by atoms with van der Waals surface area (Å²) in [6.45, 7) is -0.173. The average molecular weight is 450 g/mol. The second-order valence-electron chi connectivity index (χ2n) is 6.04. The number of nitrogens with one attached hydrogen (secondary N) is 1. The number of carbonyl (C=O) groups excluding carboxylic acids is 3. The summed E-state index contributed by atoms with van der Waals surface area (Å²) < 4.78 is 13.6. The minimum Gasteiger partial charge on any atom is -0.350 e. The molecule has 0 radical (unpaired) electrons. The van der Waals surface area contributed by atoms with Crippen LogP contribution in [0.15, 0.2) is 47.4 Å². The maximum absolute atomic E-state index is 13.6. The van der Waals surface area contributed by atoms with Gasteiger partial charge in [0, 0.05) is 19.2 Å². The van der Waals surface area contributed by atoms with Crippen LogP contribution in [0.3, 0.4) is 0 Å². The fourth-order valence-corrected chi connectivity index (χ4v) is 3.68. The van der Waals surface area contributed by atoms with Crippen LogP contribution in [0.25, 0.3) is 6.08 Å². The average Bonchev–Trinajstić information content (AvgIpc) is 2.96. The van der Waals surface area contributed by atoms with E-state index < -0.39 is 27.8 Å². The van der Waals surface area contributed by atoms with Gasteiger partial charge in [-0.15, -0.1) is 0 Å². The van der Waals surface area contributed by atoms with Crippen molar-refractivity contribution in [1.82, 2.24) is 10.2 Å². The Bertz CT molecular complexity index is 1090. The number of halogens is 2. The highest BCUT2D eigenvalue weighted by Crippen LogP contribution is 2.33. The van der Waals surface area contributed by atoms with Gasteiger partial charge in [0.1, 0.15) is 10.8 Å². The van der Waals surface area contributed by atoms with Crippen LogP contribution in [0.2, 0.25) is 5.02 Å². The molecule has 0 spiro atoms. The minimum absolute atomic E-state index is 0.0455. The van der Waals surface area contributed by atoms with E-state index in [1.807, 2.05) is 0 Å². The Kier molecular flexibility index (Phi) is 6.48. The lowest BCUT2D eigenvalue weighted by molar-refractivity contribution is -0.384. The van der Waals surface area contributed by atoms with E-state index in [1.54, 1.807) is 0 Å². The third kappa shape index (κ3) is 4.66. The minimum atomic E-state index is -0.679. The summed E-state index contributed by atoms with van der Waals surface area (Å²) in [5, 5.41) is 12.8. The number of nitro benzene ring substituents is 1. The number of nitrogens with zero attached hydrogens (tertiary/aromatic N) is 2. The van der Waals surface area contributed by atoms with Gasteiger partial charge in [-0.2, -0.15) is 0 Å². The summed E-state index contributed by atoms with van der Waals surface area (Å²) in [7, 11) is 0. The first-order chi connectivity index (χ1) is 14.3. The first-order valence-corrected chi connectivity index (χ1v) is 9.69. The molecule has 3 rings (SSSR count). The molecule has 30 heavy (non-hydrogen) atoms. The van der Waals surface area contributed by atoms with Gasteiger partial charge < -0.3 is 5.32 Å². The number of rotatable bonds is 6. The van der Waals surface area contributed by atoms with Crippen molar-refractivity contribution in [2.45, 2.75) is 0 Å². The highest BCUT2D eigenvalue weighted by atomic mass is 35.5. The van der Waals surface area contributed by atoms with Crippen LogP contribution in [0.5, 0.6) is 0 Å². The Morgan fingerprint density at radius 3 is 2.70 bits per heavy atom. The Hall–Kier alpha value is -3.24. The van der Waals surface area contributed by atoms with Crippen molar-refractivity contribution in [3.05, 3.63) is 79.5 Å². The number of carbonyl (C=O) groups is 3. The fourth-order valence-electron chi connectivity index (χ4n) is 2.63. The van der Waals surface area contributed by atoms with Crippen molar-refractivity contribution < 1.29 is 23.7 Å². The van der Waals surface area contributed by atoms with E-state index in [4.69, 9.17) is 11.6 Å². The number of nitro groups is 1. The molecule has 0 atom stereocenters. The summed E-state index contributed by atoms with van der Waals surface area (Å²) in [5.41, 5.74) is -0.124. The molecule has 0 aromatic heterocycles. The SMILES string of the molecule is O=C(NCCN1C(=O)S/C(=C\c2ccc(Cl)c([N+](=O)[O-])c2)C1=O)c1ccccc1F. The molecule has 1 aliphatic heterocycles. The van der Waals surface area contributed by atoms with Gasteiger partial charge in [-0.05, 0) is 41.6 Å². The van der Waals surface area contributed by atoms with Gasteiger partial charge in [0.05, 0.1) is 15.4 Å². The highest BCUT2D eigenvalue weighted by Gasteiger charge is 2.34. The predicted molar refractivity (Wildman–Crippen MR) is 110 cm³/mol. The smallest absolute Gasteiger partial charge is 0.293 e. The summed E-state index contributed by atoms with van der Waals surface area (Å²) in [6.07, 6.45) is 1.35. The second-order valence-corrected chi connectivity index (χ2v) is 7.44. The topological polar surface area (TPSA) is 110 Å². The predicted octanol–water partition coefficient (Wildman–Crippen LogP) is 3.85. The molecular weight excluding hydrogens is 437 g/mol. The molecule has 1 N–H and O–H groups in total. The molecule has 1 heterocycles. The third-order valence-corrected chi connectivity index (χ3v) is 5.30. The molecule has 11 heteroatoms. The van der Waals surface area contributed by atoms with Crippen molar-refractivity contribution in [3.8, 4) is 0 Å². The Morgan fingerprint density at radius 2 is 2.00 bits per heavy atom. The van der Waals surface area contributed by atoms with E-state index in [0.29, 0.717) is 17.3 Å². The van der Waals surface area contributed by atoms with Crippen LogP contribution < -0.4 is 5.32 Å². The lowest BCUT2D eigenvalue weighted by Crippen LogP contribution is -2.37. The molecule has 8 nitrogen and oxygen atoms in total. The standard InChI is InChI=1S/C19H13ClFN3O5S/c20-13-6-5-11(9-15(13)24(28)29)10-16-18(26)23(19(27)30-16)8-7-22-17(25)12-3-1-2-4-14(12)21/h1-6,9-10H,7-8H2,(H,22,25)/b16-10-. The summed E-state index contributed by atoms with van der Waals surface area (Å²) in [5.74, 6) is -1.94. The molecule has 3 amide bonds. The first-order valence-electron chi connectivity index (χ1n) is 8.50. The second kappa shape index (κ2) is 9.06. The largest absolute Gasteiger partial charge is 0.350 e. The van der Waals surface area contributed by atoms with E-state index >= 15 is 0 Å². The Balaban J connectivity index is 1.66. The molecule has 0 saturated carbocycles. The van der Waals surface area contributed by atoms with Gasteiger partial charge in [0.2, 0.25) is 0 Å². The quantitative estimate of drug-likeness (QED) is 0.407. The maximum atomic E-state index is 13.6. The van der Waals surface area contributed by atoms with Gasteiger partial charge in [-0.1, -0.05) is 29.8 Å². The number of thioether (sulfide) groups is 1. The molecule has 154 valence electrons. The van der Waals surface area contributed by atoms with E-state index in [2.05, 4.69) is 5.32 Å². The summed E-state index contributed by atoms with van der Waals surface area (Å²) in [6, 6.07) is 9.45. The zero-order valence-electron chi connectivity index (χ0n) is 15.1. The van der Waals surface area contributed by atoms with Crippen molar-refractivity contribution in [1.29, 1.82) is 0 Å². The van der Waals surface area contributed by atoms with Gasteiger partial charge in [-0.3, -0.25) is 29.4 Å². The molecule has 2 aromatic rings. The number of imide groups is 1. The van der Waals surface area contributed by atoms with Crippen LogP contribution in [0.1, 0.15) is 15.9 Å². The fraction of sp³-hybridized carbons (Fsp3) is 0.105. The van der Waals surface area contributed by atoms with Crippen LogP contribution >= 0.6 is 23.4 Å². The lowest BCUT2D eigenvalue weighted by atomic mass is 10.2. The van der Waals surface area contributed by atoms with Crippen LogP contribution in [0, 0.1) is 15.9 Å². The zero-order valence-corrected chi connectivity index (χ0v) is 16.7. The Morgan fingerprint density at radius 1 is 1.27 bits per heavy atom. The normalized spacial score (nSPS) is 15.0. The zero-order chi connectivity index (χ0) is 21.8. The number of hydrogen-bond donors (Lipinski definition) is 1. The lowest BCUT2D eigenvalue weighted by Gasteiger charge is -2.13. The van der Waals surface area contributed by atoms with Crippen molar-refractivity contribution in [2.24, 2.45) is 0 Å². The number of benzene rings is 2. The molecule has 1 aliphatic rings. The number of hydrogen-bond acceptors (Lipinski definition) is 6. The monoisotopic (exact) mass is 449 g/mol. The number of amides is 3. The van der Waals surface area contributed by atoms with Crippen LogP contribution in [-0.2, 0) is 4.79 Å². The van der Waals surface area contributed by atoms with E-state index in [0.717, 1.165) is 11.0 Å². The summed E-state index contributed by atoms with van der Waals surface area (Å²) >= 11 is 6.44. The highest BCUT2D eigenvalue weighted by molar-refractivity contribution is 8.18. The molecule has 2 aromatic carbocycles. The van der Waals surface area contributed by atoms with Crippen molar-refractivity contribution in [2.75, 3.05) is 13.1 Å². The van der Waals surface area contributed by atoms with Crippen LogP contribution in [0.4, 0.5) is 14.9 Å². The van der Waals surface area contributed by atoms with E-state index in [-0.39, 0.29) is 34.3 Å². The van der Waals surface area contributed by atoms with Crippen molar-refractivity contribution >= 4 is 52.2 Å².